The van der Waals surface area contributed by atoms with Crippen molar-refractivity contribution in [1.29, 1.82) is 0 Å². The van der Waals surface area contributed by atoms with Gasteiger partial charge >= 0.3 is 0 Å². The number of benzene rings is 1. The molecule has 84 valence electrons. The lowest BCUT2D eigenvalue weighted by Crippen LogP contribution is -2.05. The average Bonchev–Trinajstić information content (AvgIpc) is 2.06. The van der Waals surface area contributed by atoms with Crippen molar-refractivity contribution >= 4 is 9.84 Å². The molecule has 0 aliphatic heterocycles. The summed E-state index contributed by atoms with van der Waals surface area (Å²) >= 11 is 0. The van der Waals surface area contributed by atoms with Gasteiger partial charge < -0.3 is 5.11 Å². The van der Waals surface area contributed by atoms with Gasteiger partial charge in [0.05, 0.1) is 11.0 Å². The molecule has 0 amide bonds. The third-order valence-electron chi connectivity index (χ3n) is 1.91. The van der Waals surface area contributed by atoms with Crippen LogP contribution in [0.4, 0.5) is 8.78 Å². The lowest BCUT2D eigenvalue weighted by molar-refractivity contribution is 0.192. The third-order valence-corrected chi connectivity index (χ3v) is 3.00. The van der Waals surface area contributed by atoms with E-state index in [1.54, 1.807) is 0 Å². The van der Waals surface area contributed by atoms with Crippen LogP contribution in [-0.2, 0) is 9.84 Å². The van der Waals surface area contributed by atoms with Crippen LogP contribution in [0.15, 0.2) is 17.0 Å². The molecule has 6 heteroatoms. The molecule has 1 N–H and O–H groups in total. The molecule has 1 rings (SSSR count). The predicted octanol–water partition coefficient (Wildman–Crippen LogP) is 1.42. The maximum atomic E-state index is 13.1. The topological polar surface area (TPSA) is 54.4 Å². The molecule has 0 spiro atoms. The van der Waals surface area contributed by atoms with Crippen LogP contribution in [0.25, 0.3) is 0 Å². The Labute approximate surface area is 86.3 Å². The summed E-state index contributed by atoms with van der Waals surface area (Å²) in [6.45, 7) is 1.23. The van der Waals surface area contributed by atoms with Crippen molar-refractivity contribution in [2.75, 3.05) is 6.26 Å². The second-order valence-corrected chi connectivity index (χ2v) is 5.27. The van der Waals surface area contributed by atoms with Crippen LogP contribution in [0.1, 0.15) is 18.6 Å². The first-order chi connectivity index (χ1) is 6.73. The number of sulfone groups is 1. The Bertz CT molecular complexity index is 480. The van der Waals surface area contributed by atoms with Crippen LogP contribution in [0.5, 0.6) is 0 Å². The van der Waals surface area contributed by atoms with Crippen molar-refractivity contribution in [1.82, 2.24) is 0 Å². The van der Waals surface area contributed by atoms with E-state index in [0.29, 0.717) is 6.07 Å². The van der Waals surface area contributed by atoms with Crippen molar-refractivity contribution in [2.24, 2.45) is 0 Å². The highest BCUT2D eigenvalue weighted by atomic mass is 32.2. The molecule has 0 radical (unpaired) electrons. The zero-order valence-corrected chi connectivity index (χ0v) is 8.98. The minimum atomic E-state index is -3.62. The van der Waals surface area contributed by atoms with Gasteiger partial charge in [-0.25, -0.2) is 17.2 Å². The Hall–Kier alpha value is -1.01. The second-order valence-electron chi connectivity index (χ2n) is 3.26. The Morgan fingerprint density at radius 3 is 2.27 bits per heavy atom. The van der Waals surface area contributed by atoms with Crippen LogP contribution in [0.3, 0.4) is 0 Å². The lowest BCUT2D eigenvalue weighted by Gasteiger charge is -2.09. The highest BCUT2D eigenvalue weighted by Gasteiger charge is 2.18. The molecule has 3 nitrogen and oxygen atoms in total. The van der Waals surface area contributed by atoms with E-state index in [9.17, 15) is 17.2 Å². The zero-order valence-electron chi connectivity index (χ0n) is 8.16. The fraction of sp³-hybridized carbons (Fsp3) is 0.333. The van der Waals surface area contributed by atoms with E-state index in [1.807, 2.05) is 0 Å². The summed E-state index contributed by atoms with van der Waals surface area (Å²) in [6, 6.07) is 1.52. The lowest BCUT2D eigenvalue weighted by atomic mass is 10.1. The Balaban J connectivity index is 3.50. The second kappa shape index (κ2) is 3.86. The molecule has 0 saturated carbocycles. The summed E-state index contributed by atoms with van der Waals surface area (Å²) in [5.41, 5.74) is -0.365. The van der Waals surface area contributed by atoms with Crippen molar-refractivity contribution in [2.45, 2.75) is 17.9 Å². The molecule has 1 aromatic carbocycles. The standard InChI is InChI=1S/C9H10F2O3S/c1-5(12)7-3-6(15(2,13)14)4-8(10)9(7)11/h3-5,12H,1-2H3. The fourth-order valence-corrected chi connectivity index (χ4v) is 1.76. The molecule has 0 aromatic heterocycles. The maximum absolute atomic E-state index is 13.1. The van der Waals surface area contributed by atoms with Crippen molar-refractivity contribution in [3.63, 3.8) is 0 Å². The summed E-state index contributed by atoms with van der Waals surface area (Å²) in [7, 11) is -3.62. The van der Waals surface area contributed by atoms with Gasteiger partial charge in [0.1, 0.15) is 0 Å². The first-order valence-corrected chi connectivity index (χ1v) is 5.99. The highest BCUT2D eigenvalue weighted by Crippen LogP contribution is 2.23. The molecule has 0 saturated heterocycles. The summed E-state index contributed by atoms with van der Waals surface area (Å²) in [6.07, 6.45) is -0.382. The number of aliphatic hydroxyl groups excluding tert-OH is 1. The number of aliphatic hydroxyl groups is 1. The van der Waals surface area contributed by atoms with Gasteiger partial charge in [0.15, 0.2) is 21.5 Å². The van der Waals surface area contributed by atoms with Gasteiger partial charge in [-0.15, -0.1) is 0 Å². The van der Waals surface area contributed by atoms with Gasteiger partial charge in [-0.2, -0.15) is 0 Å². The Morgan fingerprint density at radius 2 is 1.87 bits per heavy atom. The monoisotopic (exact) mass is 236 g/mol. The van der Waals surface area contributed by atoms with Crippen molar-refractivity contribution in [3.8, 4) is 0 Å². The number of halogens is 2. The molecule has 0 fully saturated rings. The smallest absolute Gasteiger partial charge is 0.175 e. The van der Waals surface area contributed by atoms with E-state index in [4.69, 9.17) is 5.11 Å². The summed E-state index contributed by atoms with van der Waals surface area (Å²) in [5.74, 6) is -2.51. The molecule has 1 unspecified atom stereocenters. The largest absolute Gasteiger partial charge is 0.389 e. The highest BCUT2D eigenvalue weighted by molar-refractivity contribution is 7.90. The van der Waals surface area contributed by atoms with Gasteiger partial charge in [0.25, 0.3) is 0 Å². The summed E-state index contributed by atoms with van der Waals surface area (Å²) in [4.78, 5) is -0.350. The van der Waals surface area contributed by atoms with Gasteiger partial charge in [-0.1, -0.05) is 0 Å². The van der Waals surface area contributed by atoms with Crippen molar-refractivity contribution < 1.29 is 22.3 Å². The van der Waals surface area contributed by atoms with E-state index in [0.717, 1.165) is 12.3 Å². The maximum Gasteiger partial charge on any atom is 0.175 e. The van der Waals surface area contributed by atoms with E-state index in [1.165, 1.54) is 6.92 Å². The van der Waals surface area contributed by atoms with Crippen LogP contribution < -0.4 is 0 Å². The van der Waals surface area contributed by atoms with Crippen LogP contribution >= 0.6 is 0 Å². The Morgan fingerprint density at radius 1 is 1.33 bits per heavy atom. The zero-order chi connectivity index (χ0) is 11.8. The molecule has 0 aliphatic carbocycles. The van der Waals surface area contributed by atoms with Gasteiger partial charge in [-0.3, -0.25) is 0 Å². The van der Waals surface area contributed by atoms with Gasteiger partial charge in [-0.05, 0) is 19.1 Å². The van der Waals surface area contributed by atoms with Gasteiger partial charge in [0, 0.05) is 11.8 Å². The van der Waals surface area contributed by atoms with E-state index in [-0.39, 0.29) is 10.5 Å². The SMILES string of the molecule is CC(O)c1cc(S(C)(=O)=O)cc(F)c1F. The molecule has 0 aliphatic rings. The quantitative estimate of drug-likeness (QED) is 0.790. The van der Waals surface area contributed by atoms with Crippen LogP contribution in [0, 0.1) is 11.6 Å². The number of rotatable bonds is 2. The first kappa shape index (κ1) is 12.1. The normalized spacial score (nSPS) is 13.9. The number of hydrogen-bond donors (Lipinski definition) is 1. The first-order valence-electron chi connectivity index (χ1n) is 4.10. The molecule has 0 bridgehead atoms. The van der Waals surface area contributed by atoms with Crippen molar-refractivity contribution in [3.05, 3.63) is 29.3 Å². The van der Waals surface area contributed by atoms with E-state index in [2.05, 4.69) is 0 Å². The molecular formula is C9H10F2O3S. The van der Waals surface area contributed by atoms with Crippen LogP contribution in [-0.4, -0.2) is 19.8 Å². The van der Waals surface area contributed by atoms with Crippen LogP contribution in [0.2, 0.25) is 0 Å². The minimum absolute atomic E-state index is 0.350. The average molecular weight is 236 g/mol. The molecule has 0 heterocycles. The molecule has 1 aromatic rings. The molecule has 15 heavy (non-hydrogen) atoms. The third kappa shape index (κ3) is 2.51. The predicted molar refractivity (Wildman–Crippen MR) is 50.1 cm³/mol. The molecule has 1 atom stereocenters. The Kier molecular flexibility index (Phi) is 3.11. The fourth-order valence-electron chi connectivity index (χ4n) is 1.10. The summed E-state index contributed by atoms with van der Waals surface area (Å²) < 4.78 is 48.3. The van der Waals surface area contributed by atoms with E-state index >= 15 is 0 Å². The van der Waals surface area contributed by atoms with Gasteiger partial charge in [0.2, 0.25) is 0 Å². The summed E-state index contributed by atoms with van der Waals surface area (Å²) in [5, 5.41) is 9.12. The molecular weight excluding hydrogens is 226 g/mol. The minimum Gasteiger partial charge on any atom is -0.389 e. The number of hydrogen-bond acceptors (Lipinski definition) is 3. The van der Waals surface area contributed by atoms with E-state index < -0.39 is 27.6 Å².